The van der Waals surface area contributed by atoms with Gasteiger partial charge in [0.25, 0.3) is 0 Å². The van der Waals surface area contributed by atoms with Crippen molar-refractivity contribution in [3.8, 4) is 5.75 Å². The van der Waals surface area contributed by atoms with E-state index < -0.39 is 5.60 Å². The van der Waals surface area contributed by atoms with Gasteiger partial charge in [0.05, 0.1) is 5.60 Å². The van der Waals surface area contributed by atoms with Gasteiger partial charge in [-0.25, -0.2) is 0 Å². The third kappa shape index (κ3) is 3.67. The molecule has 122 valence electrons. The summed E-state index contributed by atoms with van der Waals surface area (Å²) in [6.45, 7) is 4.86. The number of benzene rings is 2. The molecule has 0 spiro atoms. The normalized spacial score (nSPS) is 17.7. The van der Waals surface area contributed by atoms with Crippen LogP contribution in [0.4, 0.5) is 5.69 Å². The molecule has 0 fully saturated rings. The molecule has 1 heterocycles. The molecule has 0 aromatic heterocycles. The highest BCUT2D eigenvalue weighted by molar-refractivity contribution is 5.59. The minimum absolute atomic E-state index is 0.295. The minimum atomic E-state index is -0.814. The molecule has 2 aromatic rings. The number of fused-ring (bicyclic) bond motifs is 1. The molecule has 0 aliphatic carbocycles. The van der Waals surface area contributed by atoms with Crippen molar-refractivity contribution in [3.63, 3.8) is 0 Å². The molecule has 23 heavy (non-hydrogen) atoms. The molecule has 1 unspecified atom stereocenters. The average molecular weight is 311 g/mol. The van der Waals surface area contributed by atoms with Crippen LogP contribution < -0.4 is 9.64 Å². The van der Waals surface area contributed by atoms with Crippen LogP contribution in [0, 0.1) is 0 Å². The molecule has 1 aliphatic rings. The van der Waals surface area contributed by atoms with Gasteiger partial charge in [-0.1, -0.05) is 30.3 Å². The first-order chi connectivity index (χ1) is 10.9. The number of para-hydroxylation sites is 1. The number of ether oxygens (including phenoxy) is 1. The lowest BCUT2D eigenvalue weighted by molar-refractivity contribution is 0.0285. The van der Waals surface area contributed by atoms with Gasteiger partial charge < -0.3 is 14.7 Å². The van der Waals surface area contributed by atoms with E-state index in [2.05, 4.69) is 48.3 Å². The van der Waals surface area contributed by atoms with Crippen LogP contribution in [-0.4, -0.2) is 30.9 Å². The van der Waals surface area contributed by atoms with Crippen LogP contribution in [0.1, 0.15) is 37.3 Å². The molecule has 0 saturated heterocycles. The van der Waals surface area contributed by atoms with Crippen molar-refractivity contribution in [2.45, 2.75) is 31.8 Å². The van der Waals surface area contributed by atoms with E-state index in [4.69, 9.17) is 4.74 Å². The van der Waals surface area contributed by atoms with Crippen molar-refractivity contribution in [1.82, 2.24) is 0 Å². The second kappa shape index (κ2) is 6.25. The number of aliphatic hydroxyl groups is 1. The van der Waals surface area contributed by atoms with Gasteiger partial charge in [-0.2, -0.15) is 0 Å². The maximum atomic E-state index is 9.74. The summed E-state index contributed by atoms with van der Waals surface area (Å²) in [6, 6.07) is 16.9. The van der Waals surface area contributed by atoms with Crippen LogP contribution in [0.2, 0.25) is 0 Å². The van der Waals surface area contributed by atoms with E-state index in [-0.39, 0.29) is 0 Å². The molecule has 3 heteroatoms. The Hall–Kier alpha value is -2.00. The van der Waals surface area contributed by atoms with Crippen molar-refractivity contribution < 1.29 is 9.84 Å². The molecular formula is C20H25NO2. The van der Waals surface area contributed by atoms with Gasteiger partial charge in [0.2, 0.25) is 0 Å². The first-order valence-corrected chi connectivity index (χ1v) is 8.19. The first kappa shape index (κ1) is 15.9. The fourth-order valence-electron chi connectivity index (χ4n) is 3.13. The monoisotopic (exact) mass is 311 g/mol. The standard InChI is InChI=1S/C20H25NO2/c1-20(2,22)14-23-16-10-8-15(9-11-16)17-12-13-21(3)19-7-5-4-6-18(17)19/h4-11,17,22H,12-14H2,1-3H3. The Balaban J connectivity index is 1.79. The van der Waals surface area contributed by atoms with Gasteiger partial charge in [-0.15, -0.1) is 0 Å². The SMILES string of the molecule is CN1CCC(c2ccc(OCC(C)(C)O)cc2)c2ccccc21. The number of hydrogen-bond acceptors (Lipinski definition) is 3. The van der Waals surface area contributed by atoms with Crippen LogP contribution >= 0.6 is 0 Å². The molecule has 0 radical (unpaired) electrons. The Labute approximate surface area is 138 Å². The van der Waals surface area contributed by atoms with Gasteiger partial charge in [0.15, 0.2) is 0 Å². The van der Waals surface area contributed by atoms with E-state index in [1.165, 1.54) is 16.8 Å². The molecule has 1 atom stereocenters. The third-order valence-corrected chi connectivity index (χ3v) is 4.35. The summed E-state index contributed by atoms with van der Waals surface area (Å²) in [5.74, 6) is 1.24. The summed E-state index contributed by atoms with van der Waals surface area (Å²) in [4.78, 5) is 2.33. The molecule has 3 nitrogen and oxygen atoms in total. The fraction of sp³-hybridized carbons (Fsp3) is 0.400. The Morgan fingerprint density at radius 2 is 1.83 bits per heavy atom. The van der Waals surface area contributed by atoms with E-state index in [9.17, 15) is 5.11 Å². The molecule has 0 bridgehead atoms. The largest absolute Gasteiger partial charge is 0.491 e. The molecular weight excluding hydrogens is 286 g/mol. The maximum absolute atomic E-state index is 9.74. The smallest absolute Gasteiger partial charge is 0.119 e. The first-order valence-electron chi connectivity index (χ1n) is 8.19. The average Bonchev–Trinajstić information content (AvgIpc) is 2.54. The van der Waals surface area contributed by atoms with Crippen molar-refractivity contribution in [2.24, 2.45) is 0 Å². The molecule has 1 N–H and O–H groups in total. The summed E-state index contributed by atoms with van der Waals surface area (Å²) in [7, 11) is 2.16. The van der Waals surface area contributed by atoms with Crippen molar-refractivity contribution >= 4 is 5.69 Å². The minimum Gasteiger partial charge on any atom is -0.491 e. The van der Waals surface area contributed by atoms with Gasteiger partial charge in [-0.05, 0) is 49.6 Å². The number of rotatable bonds is 4. The number of nitrogens with zero attached hydrogens (tertiary/aromatic N) is 1. The summed E-state index contributed by atoms with van der Waals surface area (Å²) >= 11 is 0. The molecule has 0 amide bonds. The van der Waals surface area contributed by atoms with Crippen LogP contribution in [0.5, 0.6) is 5.75 Å². The highest BCUT2D eigenvalue weighted by Crippen LogP contribution is 2.38. The van der Waals surface area contributed by atoms with Gasteiger partial charge in [-0.3, -0.25) is 0 Å². The predicted molar refractivity (Wildman–Crippen MR) is 94.4 cm³/mol. The van der Waals surface area contributed by atoms with Gasteiger partial charge in [0.1, 0.15) is 12.4 Å². The lowest BCUT2D eigenvalue weighted by Crippen LogP contribution is -2.28. The topological polar surface area (TPSA) is 32.7 Å². The van der Waals surface area contributed by atoms with Crippen molar-refractivity contribution in [3.05, 3.63) is 59.7 Å². The number of anilines is 1. The zero-order valence-electron chi connectivity index (χ0n) is 14.1. The lowest BCUT2D eigenvalue weighted by atomic mass is 9.84. The quantitative estimate of drug-likeness (QED) is 0.932. The van der Waals surface area contributed by atoms with E-state index in [1.807, 2.05) is 12.1 Å². The zero-order chi connectivity index (χ0) is 16.4. The second-order valence-electron chi connectivity index (χ2n) is 6.99. The predicted octanol–water partition coefficient (Wildman–Crippen LogP) is 3.81. The molecule has 3 rings (SSSR count). The van der Waals surface area contributed by atoms with Gasteiger partial charge in [0, 0.05) is 25.2 Å². The maximum Gasteiger partial charge on any atom is 0.119 e. The summed E-state index contributed by atoms with van der Waals surface area (Å²) in [5.41, 5.74) is 3.23. The van der Waals surface area contributed by atoms with Gasteiger partial charge >= 0.3 is 0 Å². The zero-order valence-corrected chi connectivity index (χ0v) is 14.1. The van der Waals surface area contributed by atoms with Crippen molar-refractivity contribution in [1.29, 1.82) is 0 Å². The molecule has 0 saturated carbocycles. The Morgan fingerprint density at radius 3 is 2.52 bits per heavy atom. The van der Waals surface area contributed by atoms with E-state index in [0.717, 1.165) is 18.7 Å². The molecule has 1 aliphatic heterocycles. The van der Waals surface area contributed by atoms with Crippen LogP contribution in [0.25, 0.3) is 0 Å². The Bertz CT molecular complexity index is 658. The Morgan fingerprint density at radius 1 is 1.13 bits per heavy atom. The van der Waals surface area contributed by atoms with E-state index in [1.54, 1.807) is 13.8 Å². The highest BCUT2D eigenvalue weighted by atomic mass is 16.5. The van der Waals surface area contributed by atoms with Crippen LogP contribution in [0.15, 0.2) is 48.5 Å². The highest BCUT2D eigenvalue weighted by Gasteiger charge is 2.24. The lowest BCUT2D eigenvalue weighted by Gasteiger charge is -2.33. The second-order valence-corrected chi connectivity index (χ2v) is 6.99. The van der Waals surface area contributed by atoms with Crippen molar-refractivity contribution in [2.75, 3.05) is 25.1 Å². The van der Waals surface area contributed by atoms with Crippen LogP contribution in [-0.2, 0) is 0 Å². The number of hydrogen-bond donors (Lipinski definition) is 1. The summed E-state index contributed by atoms with van der Waals surface area (Å²) in [6.07, 6.45) is 1.12. The van der Waals surface area contributed by atoms with E-state index >= 15 is 0 Å². The summed E-state index contributed by atoms with van der Waals surface area (Å²) in [5, 5.41) is 9.74. The molecule has 2 aromatic carbocycles. The summed E-state index contributed by atoms with van der Waals surface area (Å²) < 4.78 is 5.64. The fourth-order valence-corrected chi connectivity index (χ4v) is 3.13. The Kier molecular flexibility index (Phi) is 4.31. The van der Waals surface area contributed by atoms with E-state index in [0.29, 0.717) is 12.5 Å². The van der Waals surface area contributed by atoms with Crippen LogP contribution in [0.3, 0.4) is 0 Å². The third-order valence-electron chi connectivity index (χ3n) is 4.35.